The Morgan fingerprint density at radius 2 is 1.50 bits per heavy atom. The highest BCUT2D eigenvalue weighted by molar-refractivity contribution is 5.79. The summed E-state index contributed by atoms with van der Waals surface area (Å²) in [5.41, 5.74) is 4.64. The van der Waals surface area contributed by atoms with E-state index in [9.17, 15) is 18.0 Å². The van der Waals surface area contributed by atoms with E-state index in [1.807, 2.05) is 24.3 Å². The number of amides is 1. The van der Waals surface area contributed by atoms with E-state index >= 15 is 0 Å². The van der Waals surface area contributed by atoms with Crippen molar-refractivity contribution in [1.29, 1.82) is 0 Å². The summed E-state index contributed by atoms with van der Waals surface area (Å²) in [5, 5.41) is 2.71. The first-order valence-corrected chi connectivity index (χ1v) is 10.4. The lowest BCUT2D eigenvalue weighted by Crippen LogP contribution is -2.26. The highest BCUT2D eigenvalue weighted by atomic mass is 19.4. The zero-order valence-corrected chi connectivity index (χ0v) is 17.2. The average Bonchev–Trinajstić information content (AvgIpc) is 3.11. The molecule has 1 N–H and O–H groups in total. The Morgan fingerprint density at radius 3 is 2.09 bits per heavy atom. The molecule has 3 aromatic carbocycles. The van der Waals surface area contributed by atoms with Crippen LogP contribution in [0, 0.1) is 0 Å². The molecule has 164 valence electrons. The van der Waals surface area contributed by atoms with Crippen molar-refractivity contribution in [2.75, 3.05) is 13.2 Å². The first kappa shape index (κ1) is 21.7. The molecule has 1 aliphatic rings. The van der Waals surface area contributed by atoms with Crippen LogP contribution in [0.15, 0.2) is 78.9 Å². The van der Waals surface area contributed by atoms with E-state index in [1.54, 1.807) is 12.2 Å². The number of carbonyl (C=O) groups is 1. The smallest absolute Gasteiger partial charge is 0.416 e. The van der Waals surface area contributed by atoms with Crippen molar-refractivity contribution in [3.63, 3.8) is 0 Å². The summed E-state index contributed by atoms with van der Waals surface area (Å²) in [6.45, 7) is 0.620. The standard InChI is InChI=1S/C26H22F3NO2/c27-26(28,29)19-14-12-18(13-15-19)7-5-6-16-30-25(31)32-17-24-22-10-3-1-8-20(22)21-9-2-4-11-23(21)24/h1-5,7-15,24H,6,16-17H2,(H,30,31). The number of ether oxygens (including phenoxy) is 1. The quantitative estimate of drug-likeness (QED) is 0.439. The number of nitrogens with one attached hydrogen (secondary N) is 1. The molecule has 1 amide bonds. The summed E-state index contributed by atoms with van der Waals surface area (Å²) in [4.78, 5) is 12.1. The third-order valence-electron chi connectivity index (χ3n) is 5.47. The molecule has 0 radical (unpaired) electrons. The van der Waals surface area contributed by atoms with E-state index in [4.69, 9.17) is 4.74 Å². The van der Waals surface area contributed by atoms with Crippen LogP contribution < -0.4 is 5.32 Å². The van der Waals surface area contributed by atoms with E-state index in [0.29, 0.717) is 18.5 Å². The Hall–Kier alpha value is -3.54. The van der Waals surface area contributed by atoms with Gasteiger partial charge in [-0.1, -0.05) is 72.8 Å². The SMILES string of the molecule is O=C(NCCC=Cc1ccc(C(F)(F)F)cc1)OCC1c2ccccc2-c2ccccc21. The van der Waals surface area contributed by atoms with Gasteiger partial charge in [-0.3, -0.25) is 0 Å². The predicted molar refractivity (Wildman–Crippen MR) is 118 cm³/mol. The van der Waals surface area contributed by atoms with Gasteiger partial charge in [0.15, 0.2) is 0 Å². The lowest BCUT2D eigenvalue weighted by Gasteiger charge is -2.14. The summed E-state index contributed by atoms with van der Waals surface area (Å²) in [6, 6.07) is 21.2. The van der Waals surface area contributed by atoms with Crippen molar-refractivity contribution >= 4 is 12.2 Å². The second-order valence-electron chi connectivity index (χ2n) is 7.56. The molecule has 0 saturated heterocycles. The van der Waals surface area contributed by atoms with Crippen LogP contribution in [0.25, 0.3) is 17.2 Å². The molecule has 32 heavy (non-hydrogen) atoms. The highest BCUT2D eigenvalue weighted by Gasteiger charge is 2.30. The minimum atomic E-state index is -4.34. The maximum atomic E-state index is 12.6. The van der Waals surface area contributed by atoms with Gasteiger partial charge in [-0.25, -0.2) is 4.79 Å². The maximum Gasteiger partial charge on any atom is 0.416 e. The monoisotopic (exact) mass is 437 g/mol. The van der Waals surface area contributed by atoms with Gasteiger partial charge in [-0.2, -0.15) is 13.2 Å². The van der Waals surface area contributed by atoms with Crippen LogP contribution in [-0.2, 0) is 10.9 Å². The lowest BCUT2D eigenvalue weighted by atomic mass is 9.98. The first-order chi connectivity index (χ1) is 15.4. The Kier molecular flexibility index (Phi) is 6.30. The molecule has 0 bridgehead atoms. The lowest BCUT2D eigenvalue weighted by molar-refractivity contribution is -0.137. The van der Waals surface area contributed by atoms with Crippen LogP contribution in [0.5, 0.6) is 0 Å². The summed E-state index contributed by atoms with van der Waals surface area (Å²) in [7, 11) is 0. The van der Waals surface area contributed by atoms with E-state index in [2.05, 4.69) is 29.6 Å². The Labute approximate surface area is 184 Å². The molecule has 0 atom stereocenters. The van der Waals surface area contributed by atoms with Crippen LogP contribution in [0.2, 0.25) is 0 Å². The van der Waals surface area contributed by atoms with Gasteiger partial charge in [0, 0.05) is 12.5 Å². The van der Waals surface area contributed by atoms with Crippen LogP contribution in [0.3, 0.4) is 0 Å². The van der Waals surface area contributed by atoms with Gasteiger partial charge in [-0.15, -0.1) is 0 Å². The highest BCUT2D eigenvalue weighted by Crippen LogP contribution is 2.44. The molecule has 6 heteroatoms. The molecular weight excluding hydrogens is 415 g/mol. The van der Waals surface area contributed by atoms with E-state index in [0.717, 1.165) is 23.3 Å². The summed E-state index contributed by atoms with van der Waals surface area (Å²) in [5.74, 6) is 0.00714. The molecular formula is C26H22F3NO2. The van der Waals surface area contributed by atoms with Gasteiger partial charge in [0.2, 0.25) is 0 Å². The molecule has 0 aliphatic heterocycles. The van der Waals surface area contributed by atoms with Gasteiger partial charge < -0.3 is 10.1 Å². The molecule has 0 saturated carbocycles. The first-order valence-electron chi connectivity index (χ1n) is 10.4. The van der Waals surface area contributed by atoms with Gasteiger partial charge >= 0.3 is 12.3 Å². The van der Waals surface area contributed by atoms with Crippen molar-refractivity contribution in [3.05, 3.63) is 101 Å². The van der Waals surface area contributed by atoms with Crippen molar-refractivity contribution in [1.82, 2.24) is 5.32 Å². The zero-order valence-electron chi connectivity index (χ0n) is 17.2. The zero-order chi connectivity index (χ0) is 22.6. The summed E-state index contributed by atoms with van der Waals surface area (Å²) >= 11 is 0. The van der Waals surface area contributed by atoms with Crippen LogP contribution in [0.4, 0.5) is 18.0 Å². The van der Waals surface area contributed by atoms with Gasteiger partial charge in [0.25, 0.3) is 0 Å². The van der Waals surface area contributed by atoms with E-state index in [-0.39, 0.29) is 12.5 Å². The molecule has 0 unspecified atom stereocenters. The molecule has 0 fully saturated rings. The second kappa shape index (κ2) is 9.30. The third-order valence-corrected chi connectivity index (χ3v) is 5.47. The minimum absolute atomic E-state index is 0.00714. The Morgan fingerprint density at radius 1 is 0.906 bits per heavy atom. The maximum absolute atomic E-state index is 12.6. The van der Waals surface area contributed by atoms with Gasteiger partial charge in [0.1, 0.15) is 6.61 Å². The number of halogens is 3. The number of hydrogen-bond acceptors (Lipinski definition) is 2. The summed E-state index contributed by atoms with van der Waals surface area (Å²) < 4.78 is 43.2. The van der Waals surface area contributed by atoms with Crippen molar-refractivity contribution in [3.8, 4) is 11.1 Å². The third kappa shape index (κ3) is 4.85. The number of fused-ring (bicyclic) bond motifs is 3. The Bertz CT molecular complexity index is 1070. The number of carbonyl (C=O) groups excluding carboxylic acids is 1. The molecule has 4 rings (SSSR count). The second-order valence-corrected chi connectivity index (χ2v) is 7.56. The molecule has 1 aliphatic carbocycles. The van der Waals surface area contributed by atoms with Crippen LogP contribution in [0.1, 0.15) is 34.6 Å². The number of alkyl carbamates (subject to hydrolysis) is 1. The number of hydrogen-bond donors (Lipinski definition) is 1. The largest absolute Gasteiger partial charge is 0.449 e. The van der Waals surface area contributed by atoms with Gasteiger partial charge in [0.05, 0.1) is 5.56 Å². The van der Waals surface area contributed by atoms with Crippen molar-refractivity contribution in [2.24, 2.45) is 0 Å². The number of alkyl halides is 3. The Balaban J connectivity index is 1.24. The molecule has 0 heterocycles. The van der Waals surface area contributed by atoms with Crippen molar-refractivity contribution < 1.29 is 22.7 Å². The topological polar surface area (TPSA) is 38.3 Å². The number of rotatable bonds is 6. The van der Waals surface area contributed by atoms with E-state index < -0.39 is 17.8 Å². The molecule has 0 aromatic heterocycles. The molecule has 0 spiro atoms. The van der Waals surface area contributed by atoms with Crippen molar-refractivity contribution in [2.45, 2.75) is 18.5 Å². The van der Waals surface area contributed by atoms with Crippen LogP contribution >= 0.6 is 0 Å². The van der Waals surface area contributed by atoms with Gasteiger partial charge in [-0.05, 0) is 46.4 Å². The predicted octanol–water partition coefficient (Wildman–Crippen LogP) is 6.65. The van der Waals surface area contributed by atoms with E-state index in [1.165, 1.54) is 23.3 Å². The minimum Gasteiger partial charge on any atom is -0.449 e. The molecule has 3 nitrogen and oxygen atoms in total. The average molecular weight is 437 g/mol. The summed E-state index contributed by atoms with van der Waals surface area (Å²) in [6.07, 6.45) is -0.776. The number of benzene rings is 3. The van der Waals surface area contributed by atoms with Crippen LogP contribution in [-0.4, -0.2) is 19.2 Å². The fourth-order valence-electron chi connectivity index (χ4n) is 3.91. The molecule has 3 aromatic rings. The fourth-order valence-corrected chi connectivity index (χ4v) is 3.91. The fraction of sp³-hybridized carbons (Fsp3) is 0.192. The normalized spacial score (nSPS) is 13.1.